The van der Waals surface area contributed by atoms with Crippen molar-refractivity contribution >= 4 is 10.8 Å². The SMILES string of the molecule is C/C=C(/C)CS(=O)C(C)(C)C. The Bertz CT molecular complexity index is 174. The molecule has 0 bridgehead atoms. The lowest BCUT2D eigenvalue weighted by Crippen LogP contribution is -2.24. The van der Waals surface area contributed by atoms with Crippen molar-refractivity contribution in [1.82, 2.24) is 0 Å². The molecule has 0 amide bonds. The Hall–Kier alpha value is -0.110. The maximum absolute atomic E-state index is 11.5. The largest absolute Gasteiger partial charge is 0.259 e. The summed E-state index contributed by atoms with van der Waals surface area (Å²) < 4.78 is 11.4. The fourth-order valence-electron chi connectivity index (χ4n) is 0.507. The second-order valence-corrected chi connectivity index (χ2v) is 5.94. The number of hydrogen-bond acceptors (Lipinski definition) is 1. The van der Waals surface area contributed by atoms with Crippen molar-refractivity contribution in [1.29, 1.82) is 0 Å². The summed E-state index contributed by atoms with van der Waals surface area (Å²) in [5.74, 6) is 0.708. The molecule has 0 aliphatic carbocycles. The van der Waals surface area contributed by atoms with Crippen LogP contribution in [0.3, 0.4) is 0 Å². The quantitative estimate of drug-likeness (QED) is 0.588. The van der Waals surface area contributed by atoms with E-state index in [9.17, 15) is 4.21 Å². The highest BCUT2D eigenvalue weighted by Crippen LogP contribution is 2.13. The van der Waals surface area contributed by atoms with E-state index in [0.29, 0.717) is 5.75 Å². The van der Waals surface area contributed by atoms with E-state index in [1.54, 1.807) is 0 Å². The molecule has 1 nitrogen and oxygen atoms in total. The molecule has 0 heterocycles. The van der Waals surface area contributed by atoms with E-state index in [2.05, 4.69) is 0 Å². The van der Waals surface area contributed by atoms with Crippen LogP contribution in [0.2, 0.25) is 0 Å². The molecule has 0 rings (SSSR count). The van der Waals surface area contributed by atoms with Crippen molar-refractivity contribution in [3.8, 4) is 0 Å². The Balaban J connectivity index is 4.10. The highest BCUT2D eigenvalue weighted by Gasteiger charge is 2.18. The van der Waals surface area contributed by atoms with Gasteiger partial charge >= 0.3 is 0 Å². The van der Waals surface area contributed by atoms with E-state index in [1.165, 1.54) is 5.57 Å². The summed E-state index contributed by atoms with van der Waals surface area (Å²) >= 11 is 0. The lowest BCUT2D eigenvalue weighted by molar-refractivity contribution is 0.650. The van der Waals surface area contributed by atoms with Gasteiger partial charge in [0.25, 0.3) is 0 Å². The first kappa shape index (κ1) is 10.9. The van der Waals surface area contributed by atoms with Crippen LogP contribution in [-0.2, 0) is 10.8 Å². The zero-order valence-electron chi connectivity index (χ0n) is 8.10. The van der Waals surface area contributed by atoms with Gasteiger partial charge in [-0.3, -0.25) is 4.21 Å². The minimum atomic E-state index is -0.736. The Kier molecular flexibility index (Phi) is 4.01. The third-order valence-electron chi connectivity index (χ3n) is 1.53. The topological polar surface area (TPSA) is 17.1 Å². The van der Waals surface area contributed by atoms with Crippen LogP contribution in [0.15, 0.2) is 11.6 Å². The van der Waals surface area contributed by atoms with E-state index in [1.807, 2.05) is 40.7 Å². The molecular weight excluding hydrogens is 156 g/mol. The normalized spacial score (nSPS) is 16.6. The summed E-state index contributed by atoms with van der Waals surface area (Å²) in [5.41, 5.74) is 1.21. The van der Waals surface area contributed by atoms with Crippen LogP contribution in [0.5, 0.6) is 0 Å². The average molecular weight is 174 g/mol. The molecule has 1 atom stereocenters. The van der Waals surface area contributed by atoms with E-state index in [0.717, 1.165) is 0 Å². The van der Waals surface area contributed by atoms with Gasteiger partial charge in [-0.15, -0.1) is 0 Å². The lowest BCUT2D eigenvalue weighted by Gasteiger charge is -2.17. The van der Waals surface area contributed by atoms with Crippen molar-refractivity contribution in [3.05, 3.63) is 11.6 Å². The van der Waals surface area contributed by atoms with Crippen LogP contribution in [0.1, 0.15) is 34.6 Å². The van der Waals surface area contributed by atoms with E-state index in [4.69, 9.17) is 0 Å². The van der Waals surface area contributed by atoms with Crippen LogP contribution < -0.4 is 0 Å². The van der Waals surface area contributed by atoms with Crippen LogP contribution in [0, 0.1) is 0 Å². The molecule has 11 heavy (non-hydrogen) atoms. The molecule has 0 aromatic heterocycles. The molecule has 0 spiro atoms. The van der Waals surface area contributed by atoms with Gasteiger partial charge in [-0.1, -0.05) is 11.6 Å². The zero-order chi connectivity index (χ0) is 9.07. The average Bonchev–Trinajstić information content (AvgIpc) is 1.85. The second-order valence-electron chi connectivity index (χ2n) is 3.74. The van der Waals surface area contributed by atoms with Gasteiger partial charge in [-0.25, -0.2) is 0 Å². The maximum Gasteiger partial charge on any atom is 0.0447 e. The van der Waals surface area contributed by atoms with Crippen molar-refractivity contribution < 1.29 is 4.21 Å². The summed E-state index contributed by atoms with van der Waals surface area (Å²) in [5, 5.41) is 0. The number of hydrogen-bond donors (Lipinski definition) is 0. The van der Waals surface area contributed by atoms with Crippen LogP contribution >= 0.6 is 0 Å². The Morgan fingerprint density at radius 2 is 1.91 bits per heavy atom. The zero-order valence-corrected chi connectivity index (χ0v) is 8.92. The third-order valence-corrected chi connectivity index (χ3v) is 3.62. The molecule has 0 radical (unpaired) electrons. The van der Waals surface area contributed by atoms with Gasteiger partial charge in [0.2, 0.25) is 0 Å². The second kappa shape index (κ2) is 4.05. The predicted octanol–water partition coefficient (Wildman–Crippen LogP) is 2.50. The highest BCUT2D eigenvalue weighted by molar-refractivity contribution is 7.86. The Morgan fingerprint density at radius 1 is 1.45 bits per heavy atom. The molecule has 1 unspecified atom stereocenters. The number of rotatable bonds is 2. The smallest absolute Gasteiger partial charge is 0.0447 e. The Morgan fingerprint density at radius 3 is 2.18 bits per heavy atom. The summed E-state index contributed by atoms with van der Waals surface area (Å²) in [6, 6.07) is 0. The molecular formula is C9H18OS. The predicted molar refractivity (Wildman–Crippen MR) is 52.2 cm³/mol. The maximum atomic E-state index is 11.5. The van der Waals surface area contributed by atoms with Gasteiger partial charge in [-0.2, -0.15) is 0 Å². The molecule has 0 fully saturated rings. The Labute approximate surface area is 72.3 Å². The summed E-state index contributed by atoms with van der Waals surface area (Å²) in [6.45, 7) is 10.0. The first-order chi connectivity index (χ1) is 4.88. The molecule has 0 saturated carbocycles. The van der Waals surface area contributed by atoms with Crippen molar-refractivity contribution in [2.75, 3.05) is 5.75 Å². The first-order valence-corrected chi connectivity index (χ1v) is 5.20. The molecule has 0 aliphatic heterocycles. The van der Waals surface area contributed by atoms with Crippen molar-refractivity contribution in [2.45, 2.75) is 39.4 Å². The molecule has 0 N–H and O–H groups in total. The lowest BCUT2D eigenvalue weighted by atomic mass is 10.3. The van der Waals surface area contributed by atoms with Crippen molar-refractivity contribution in [3.63, 3.8) is 0 Å². The standard InChI is InChI=1S/C9H18OS/c1-6-8(2)7-11(10)9(3,4)5/h6H,7H2,1-5H3/b8-6-. The minimum absolute atomic E-state index is 0.0791. The summed E-state index contributed by atoms with van der Waals surface area (Å²) in [4.78, 5) is 0. The minimum Gasteiger partial charge on any atom is -0.259 e. The number of allylic oxidation sites excluding steroid dienone is 1. The van der Waals surface area contributed by atoms with Crippen LogP contribution in [0.25, 0.3) is 0 Å². The van der Waals surface area contributed by atoms with Crippen LogP contribution in [0.4, 0.5) is 0 Å². The summed E-state index contributed by atoms with van der Waals surface area (Å²) in [7, 11) is -0.736. The van der Waals surface area contributed by atoms with E-state index < -0.39 is 10.8 Å². The van der Waals surface area contributed by atoms with Crippen molar-refractivity contribution in [2.24, 2.45) is 0 Å². The highest BCUT2D eigenvalue weighted by atomic mass is 32.2. The molecule has 0 aromatic rings. The monoisotopic (exact) mass is 174 g/mol. The van der Waals surface area contributed by atoms with Crippen LogP contribution in [-0.4, -0.2) is 14.7 Å². The van der Waals surface area contributed by atoms with Gasteiger partial charge in [-0.05, 0) is 34.6 Å². The fourth-order valence-corrected chi connectivity index (χ4v) is 1.52. The molecule has 0 saturated heterocycles. The molecule has 66 valence electrons. The van der Waals surface area contributed by atoms with E-state index >= 15 is 0 Å². The van der Waals surface area contributed by atoms with E-state index in [-0.39, 0.29) is 4.75 Å². The van der Waals surface area contributed by atoms with Gasteiger partial charge in [0.05, 0.1) is 0 Å². The molecule has 0 aromatic carbocycles. The van der Waals surface area contributed by atoms with Gasteiger partial charge in [0.15, 0.2) is 0 Å². The molecule has 0 aliphatic rings. The van der Waals surface area contributed by atoms with Gasteiger partial charge in [0.1, 0.15) is 0 Å². The third kappa shape index (κ3) is 4.35. The molecule has 2 heteroatoms. The van der Waals surface area contributed by atoms with Gasteiger partial charge in [0, 0.05) is 21.3 Å². The fraction of sp³-hybridized carbons (Fsp3) is 0.778. The summed E-state index contributed by atoms with van der Waals surface area (Å²) in [6.07, 6.45) is 2.02. The first-order valence-electron chi connectivity index (χ1n) is 3.88. The van der Waals surface area contributed by atoms with Gasteiger partial charge < -0.3 is 0 Å².